The number of ether oxygens (including phenoxy) is 1. The molecular formula is C37H62N2O3SSi. The highest BCUT2D eigenvalue weighted by Crippen LogP contribution is 2.68. The fourth-order valence-electron chi connectivity index (χ4n) is 10.1. The third-order valence-corrected chi connectivity index (χ3v) is 18.3. The van der Waals surface area contributed by atoms with Crippen molar-refractivity contribution in [2.75, 3.05) is 0 Å². The van der Waals surface area contributed by atoms with Crippen LogP contribution in [0.2, 0.25) is 18.1 Å². The summed E-state index contributed by atoms with van der Waals surface area (Å²) in [6, 6.07) is 0. The number of rotatable bonds is 8. The summed E-state index contributed by atoms with van der Waals surface area (Å²) >= 11 is 5.92. The summed E-state index contributed by atoms with van der Waals surface area (Å²) in [5, 5.41) is 11.1. The van der Waals surface area contributed by atoms with E-state index < -0.39 is 13.9 Å². The number of allylic oxidation sites excluding steroid dienone is 1. The minimum Gasteiger partial charge on any atom is -0.467 e. The van der Waals surface area contributed by atoms with Crippen molar-refractivity contribution >= 4 is 25.7 Å². The smallest absolute Gasteiger partial charge is 0.269 e. The summed E-state index contributed by atoms with van der Waals surface area (Å²) in [6.07, 6.45) is 19.9. The minimum absolute atomic E-state index is 0.0897. The number of imidazole rings is 1. The molecule has 1 heterocycles. The maximum absolute atomic E-state index is 10.3. The number of nitrogens with zero attached hydrogens (tertiary/aromatic N) is 2. The molecular weight excluding hydrogens is 581 g/mol. The summed E-state index contributed by atoms with van der Waals surface area (Å²) in [6.45, 7) is 23.4. The Bertz CT molecular complexity index is 1200. The zero-order chi connectivity index (χ0) is 32.3. The van der Waals surface area contributed by atoms with Crippen LogP contribution in [0, 0.1) is 40.4 Å². The number of hydrogen-bond donors (Lipinski definition) is 1. The van der Waals surface area contributed by atoms with Crippen LogP contribution in [0.4, 0.5) is 0 Å². The van der Waals surface area contributed by atoms with Gasteiger partial charge in [-0.1, -0.05) is 66.0 Å². The molecule has 3 fully saturated rings. The molecule has 4 aliphatic rings. The Labute approximate surface area is 275 Å². The second kappa shape index (κ2) is 12.2. The third kappa shape index (κ3) is 6.55. The molecule has 0 saturated heterocycles. The van der Waals surface area contributed by atoms with Crippen LogP contribution in [0.1, 0.15) is 120 Å². The minimum atomic E-state index is -1.83. The number of aliphatic hydroxyl groups is 1. The zero-order valence-electron chi connectivity index (χ0n) is 29.5. The lowest BCUT2D eigenvalue weighted by molar-refractivity contribution is -0.124. The lowest BCUT2D eigenvalue weighted by Gasteiger charge is -2.61. The van der Waals surface area contributed by atoms with E-state index in [0.29, 0.717) is 40.9 Å². The predicted octanol–water partition coefficient (Wildman–Crippen LogP) is 9.56. The first-order valence-electron chi connectivity index (χ1n) is 17.6. The van der Waals surface area contributed by atoms with Crippen molar-refractivity contribution in [1.29, 1.82) is 0 Å². The van der Waals surface area contributed by atoms with E-state index >= 15 is 0 Å². The molecule has 4 aliphatic carbocycles. The van der Waals surface area contributed by atoms with Crippen molar-refractivity contribution in [3.63, 3.8) is 0 Å². The van der Waals surface area contributed by atoms with Gasteiger partial charge in [0.25, 0.3) is 5.17 Å². The Morgan fingerprint density at radius 2 is 1.91 bits per heavy atom. The van der Waals surface area contributed by atoms with E-state index in [1.54, 1.807) is 18.1 Å². The second-order valence-electron chi connectivity index (χ2n) is 17.9. The van der Waals surface area contributed by atoms with Gasteiger partial charge in [-0.2, -0.15) is 0 Å². The predicted molar refractivity (Wildman–Crippen MR) is 187 cm³/mol. The highest BCUT2D eigenvalue weighted by molar-refractivity contribution is 7.80. The van der Waals surface area contributed by atoms with Gasteiger partial charge in [0.2, 0.25) is 0 Å². The van der Waals surface area contributed by atoms with E-state index in [9.17, 15) is 5.11 Å². The van der Waals surface area contributed by atoms with Gasteiger partial charge in [0.15, 0.2) is 8.32 Å². The first-order chi connectivity index (χ1) is 20.4. The van der Waals surface area contributed by atoms with Crippen LogP contribution in [0.25, 0.3) is 0 Å². The maximum atomic E-state index is 10.3. The van der Waals surface area contributed by atoms with Gasteiger partial charge in [0.05, 0.1) is 5.60 Å². The van der Waals surface area contributed by atoms with Crippen molar-refractivity contribution < 1.29 is 14.3 Å². The fraction of sp³-hybridized carbons (Fsp3) is 0.838. The van der Waals surface area contributed by atoms with Gasteiger partial charge < -0.3 is 14.3 Å². The van der Waals surface area contributed by atoms with Crippen LogP contribution in [-0.4, -0.2) is 46.0 Å². The van der Waals surface area contributed by atoms with Crippen molar-refractivity contribution in [2.24, 2.45) is 40.4 Å². The topological polar surface area (TPSA) is 56.5 Å². The molecule has 0 bridgehead atoms. The van der Waals surface area contributed by atoms with Crippen molar-refractivity contribution in [3.05, 3.63) is 30.4 Å². The molecule has 5 rings (SSSR count). The van der Waals surface area contributed by atoms with Gasteiger partial charge >= 0.3 is 0 Å². The van der Waals surface area contributed by atoms with E-state index in [4.69, 9.17) is 21.4 Å². The first kappa shape index (κ1) is 34.3. The lowest BCUT2D eigenvalue weighted by atomic mass is 9.46. The molecule has 7 heteroatoms. The van der Waals surface area contributed by atoms with Gasteiger partial charge in [-0.25, -0.2) is 4.98 Å². The second-order valence-corrected chi connectivity index (χ2v) is 23.0. The molecule has 1 aromatic heterocycles. The van der Waals surface area contributed by atoms with Gasteiger partial charge in [-0.3, -0.25) is 4.57 Å². The SMILES string of the molecule is C[C@H](CCCC(C)(C)O)[C@H]1CC[C@H]2[C@@H]3CC=C4C[C@@H](O[Si](C)(C)C(C)(C)C)CC[C@]4(C)[C@H]3[C@H](OC(=S)n3ccnc3)C[C@]12C. The van der Waals surface area contributed by atoms with Crippen LogP contribution >= 0.6 is 12.2 Å². The Morgan fingerprint density at radius 1 is 1.18 bits per heavy atom. The van der Waals surface area contributed by atoms with Gasteiger partial charge in [0, 0.05) is 24.4 Å². The van der Waals surface area contributed by atoms with Crippen LogP contribution in [0.5, 0.6) is 0 Å². The molecule has 0 radical (unpaired) electrons. The van der Waals surface area contributed by atoms with Crippen LogP contribution in [-0.2, 0) is 9.16 Å². The zero-order valence-corrected chi connectivity index (χ0v) is 31.3. The Morgan fingerprint density at radius 3 is 2.55 bits per heavy atom. The summed E-state index contributed by atoms with van der Waals surface area (Å²) in [7, 11) is -1.83. The molecule has 5 nitrogen and oxygen atoms in total. The van der Waals surface area contributed by atoms with Gasteiger partial charge in [-0.05, 0) is 130 Å². The summed E-state index contributed by atoms with van der Waals surface area (Å²) in [4.78, 5) is 4.26. The first-order valence-corrected chi connectivity index (χ1v) is 21.0. The molecule has 0 aromatic carbocycles. The van der Waals surface area contributed by atoms with Crippen LogP contribution in [0.15, 0.2) is 30.4 Å². The summed E-state index contributed by atoms with van der Waals surface area (Å²) < 4.78 is 15.9. The van der Waals surface area contributed by atoms with Crippen molar-refractivity contribution in [1.82, 2.24) is 9.55 Å². The number of hydrogen-bond acceptors (Lipinski definition) is 5. The molecule has 44 heavy (non-hydrogen) atoms. The fourth-order valence-corrected chi connectivity index (χ4v) is 11.7. The van der Waals surface area contributed by atoms with E-state index in [1.165, 1.54) is 19.3 Å². The van der Waals surface area contributed by atoms with Crippen LogP contribution in [0.3, 0.4) is 0 Å². The molecule has 1 aromatic rings. The summed E-state index contributed by atoms with van der Waals surface area (Å²) in [5.41, 5.74) is 1.38. The van der Waals surface area contributed by atoms with E-state index in [0.717, 1.165) is 44.9 Å². The van der Waals surface area contributed by atoms with E-state index in [1.807, 2.05) is 24.6 Å². The highest BCUT2D eigenvalue weighted by atomic mass is 32.1. The van der Waals surface area contributed by atoms with E-state index in [-0.39, 0.29) is 22.0 Å². The molecule has 1 N–H and O–H groups in total. The largest absolute Gasteiger partial charge is 0.467 e. The quantitative estimate of drug-likeness (QED) is 0.174. The molecule has 9 atom stereocenters. The Hall–Kier alpha value is -1.02. The third-order valence-electron chi connectivity index (χ3n) is 13.4. The molecule has 3 saturated carbocycles. The Balaban J connectivity index is 1.42. The maximum Gasteiger partial charge on any atom is 0.269 e. The number of thiocarbonyl (C=S) groups is 1. The Kier molecular flexibility index (Phi) is 9.52. The van der Waals surface area contributed by atoms with Crippen molar-refractivity contribution in [3.8, 4) is 0 Å². The molecule has 0 spiro atoms. The van der Waals surface area contributed by atoms with E-state index in [2.05, 4.69) is 65.7 Å². The average Bonchev–Trinajstić information content (AvgIpc) is 3.55. The number of aromatic nitrogens is 2. The standard InChI is InChI=1S/C37H62N2O3SSi/c1-25(12-11-18-35(5,6)40)29-15-16-30-28-14-13-26-22-27(42-44(9,10)34(2,3)4)17-19-36(26,7)32(28)31(23-37(29,30)8)41-33(43)39-21-20-38-24-39/h13,20-21,24-25,27-32,40H,11-12,14-19,22-23H2,1-10H3/t25-,27+,28+,29-,30+,31-,32-,36+,37-/m1/s1. The lowest BCUT2D eigenvalue weighted by Crippen LogP contribution is -2.58. The molecule has 248 valence electrons. The van der Waals surface area contributed by atoms with Crippen LogP contribution < -0.4 is 0 Å². The van der Waals surface area contributed by atoms with Gasteiger partial charge in [-0.15, -0.1) is 0 Å². The monoisotopic (exact) mass is 642 g/mol. The normalized spacial score (nSPS) is 36.6. The molecule has 0 unspecified atom stereocenters. The van der Waals surface area contributed by atoms with Gasteiger partial charge in [0.1, 0.15) is 12.4 Å². The molecule has 0 amide bonds. The number of fused-ring (bicyclic) bond motifs is 5. The van der Waals surface area contributed by atoms with Crippen molar-refractivity contribution in [2.45, 2.75) is 156 Å². The average molecular weight is 643 g/mol. The highest BCUT2D eigenvalue weighted by Gasteiger charge is 2.63. The summed E-state index contributed by atoms with van der Waals surface area (Å²) in [5.74, 6) is 3.10. The molecule has 0 aliphatic heterocycles.